The van der Waals surface area contributed by atoms with E-state index in [1.807, 2.05) is 13.8 Å². The van der Waals surface area contributed by atoms with E-state index in [0.717, 1.165) is 0 Å². The Morgan fingerprint density at radius 2 is 1.95 bits per heavy atom. The van der Waals surface area contributed by atoms with Gasteiger partial charge in [-0.3, -0.25) is 9.59 Å². The quantitative estimate of drug-likeness (QED) is 0.670. The normalized spacial score (nSPS) is 21.4. The molecule has 0 aliphatic carbocycles. The van der Waals surface area contributed by atoms with Crippen LogP contribution in [0.5, 0.6) is 0 Å². The van der Waals surface area contributed by atoms with Gasteiger partial charge in [-0.25, -0.2) is 4.79 Å². The molecule has 21 heavy (non-hydrogen) atoms. The molecule has 1 aliphatic heterocycles. The van der Waals surface area contributed by atoms with E-state index < -0.39 is 11.9 Å². The summed E-state index contributed by atoms with van der Waals surface area (Å²) in [6.07, 6.45) is 0.696. The first kappa shape index (κ1) is 17.3. The maximum absolute atomic E-state index is 12.0. The van der Waals surface area contributed by atoms with Gasteiger partial charge < -0.3 is 20.6 Å². The van der Waals surface area contributed by atoms with Crippen LogP contribution < -0.4 is 10.6 Å². The summed E-state index contributed by atoms with van der Waals surface area (Å²) in [6, 6.07) is -0.625. The molecule has 0 aromatic rings. The summed E-state index contributed by atoms with van der Waals surface area (Å²) in [7, 11) is 0. The average molecular weight is 299 g/mol. The zero-order valence-electron chi connectivity index (χ0n) is 12.9. The summed E-state index contributed by atoms with van der Waals surface area (Å²) in [5.74, 6) is -1.08. The summed E-state index contributed by atoms with van der Waals surface area (Å²) >= 11 is 0. The number of hydrogen-bond acceptors (Lipinski definition) is 3. The molecule has 7 nitrogen and oxygen atoms in total. The van der Waals surface area contributed by atoms with Crippen LogP contribution in [0.15, 0.2) is 0 Å². The van der Waals surface area contributed by atoms with E-state index >= 15 is 0 Å². The van der Waals surface area contributed by atoms with Crippen LogP contribution in [0.25, 0.3) is 0 Å². The Morgan fingerprint density at radius 1 is 1.29 bits per heavy atom. The Morgan fingerprint density at radius 3 is 2.48 bits per heavy atom. The number of carbonyl (C=O) groups excluding carboxylic acids is 2. The fraction of sp³-hybridized carbons (Fsp3) is 0.786. The highest BCUT2D eigenvalue weighted by Crippen LogP contribution is 2.24. The first-order valence-corrected chi connectivity index (χ1v) is 7.37. The van der Waals surface area contributed by atoms with E-state index in [1.54, 1.807) is 6.92 Å². The van der Waals surface area contributed by atoms with E-state index in [4.69, 9.17) is 5.11 Å². The number of carboxylic acids is 1. The molecule has 3 N–H and O–H groups in total. The van der Waals surface area contributed by atoms with Gasteiger partial charge in [0.05, 0.1) is 5.92 Å². The van der Waals surface area contributed by atoms with Gasteiger partial charge in [0.1, 0.15) is 0 Å². The number of likely N-dealkylation sites (tertiary alicyclic amines) is 1. The molecular formula is C14H25N3O4. The van der Waals surface area contributed by atoms with Crippen molar-refractivity contribution in [1.29, 1.82) is 0 Å². The molecular weight excluding hydrogens is 274 g/mol. The van der Waals surface area contributed by atoms with Crippen molar-refractivity contribution in [2.75, 3.05) is 19.6 Å². The maximum Gasteiger partial charge on any atom is 0.317 e. The number of amides is 3. The lowest BCUT2D eigenvalue weighted by Crippen LogP contribution is -2.44. The van der Waals surface area contributed by atoms with Crippen LogP contribution in [0.1, 0.15) is 33.6 Å². The van der Waals surface area contributed by atoms with E-state index in [-0.39, 0.29) is 30.9 Å². The molecule has 7 heteroatoms. The highest BCUT2D eigenvalue weighted by atomic mass is 16.4. The zero-order chi connectivity index (χ0) is 16.0. The minimum Gasteiger partial charge on any atom is -0.481 e. The number of nitrogens with one attached hydrogen (secondary N) is 2. The van der Waals surface area contributed by atoms with Crippen molar-refractivity contribution < 1.29 is 19.5 Å². The molecule has 0 aromatic carbocycles. The molecule has 0 spiro atoms. The number of nitrogens with zero attached hydrogens (tertiary/aromatic N) is 1. The Kier molecular flexibility index (Phi) is 6.45. The topological polar surface area (TPSA) is 98.7 Å². The summed E-state index contributed by atoms with van der Waals surface area (Å²) in [4.78, 5) is 36.0. The molecule has 1 fully saturated rings. The van der Waals surface area contributed by atoms with Crippen LogP contribution in [0, 0.1) is 11.8 Å². The average Bonchev–Trinajstić information content (AvgIpc) is 2.78. The lowest BCUT2D eigenvalue weighted by Gasteiger charge is -2.23. The number of carbonyl (C=O) groups is 3. The van der Waals surface area contributed by atoms with E-state index in [0.29, 0.717) is 25.4 Å². The lowest BCUT2D eigenvalue weighted by atomic mass is 10.0. The first-order valence-electron chi connectivity index (χ1n) is 7.37. The summed E-state index contributed by atoms with van der Waals surface area (Å²) in [6.45, 7) is 7.07. The number of urea groups is 1. The smallest absolute Gasteiger partial charge is 0.317 e. The van der Waals surface area contributed by atoms with Gasteiger partial charge in [0.25, 0.3) is 0 Å². The SMILES string of the molecule is CC(C)CNC(=O)CCNC(=O)N1CCC(C(=O)O)C1C. The predicted octanol–water partition coefficient (Wildman–Crippen LogP) is 0.653. The predicted molar refractivity (Wildman–Crippen MR) is 77.8 cm³/mol. The third-order valence-electron chi connectivity index (χ3n) is 3.67. The monoisotopic (exact) mass is 299 g/mol. The van der Waals surface area contributed by atoms with Gasteiger partial charge in [-0.1, -0.05) is 13.8 Å². The van der Waals surface area contributed by atoms with Crippen molar-refractivity contribution in [3.05, 3.63) is 0 Å². The second-order valence-corrected chi connectivity index (χ2v) is 5.85. The standard InChI is InChI=1S/C14H25N3O4/c1-9(2)8-16-12(18)4-6-15-14(21)17-7-5-11(10(17)3)13(19)20/h9-11H,4-8H2,1-3H3,(H,15,21)(H,16,18)(H,19,20). The molecule has 2 atom stereocenters. The van der Waals surface area contributed by atoms with Crippen LogP contribution in [-0.2, 0) is 9.59 Å². The van der Waals surface area contributed by atoms with Crippen molar-refractivity contribution in [2.24, 2.45) is 11.8 Å². The minimum atomic E-state index is -0.870. The number of hydrogen-bond donors (Lipinski definition) is 3. The Hall–Kier alpha value is -1.79. The van der Waals surface area contributed by atoms with Crippen molar-refractivity contribution in [2.45, 2.75) is 39.7 Å². The molecule has 1 saturated heterocycles. The second-order valence-electron chi connectivity index (χ2n) is 5.85. The van der Waals surface area contributed by atoms with Gasteiger partial charge in [-0.15, -0.1) is 0 Å². The molecule has 0 aromatic heterocycles. The Balaban J connectivity index is 2.28. The van der Waals surface area contributed by atoms with E-state index in [1.165, 1.54) is 4.90 Å². The van der Waals surface area contributed by atoms with Crippen molar-refractivity contribution in [1.82, 2.24) is 15.5 Å². The first-order chi connectivity index (χ1) is 9.82. The second kappa shape index (κ2) is 7.85. The summed E-state index contributed by atoms with van der Waals surface area (Å²) in [5.41, 5.74) is 0. The highest BCUT2D eigenvalue weighted by Gasteiger charge is 2.37. The Bertz CT molecular complexity index is 398. The fourth-order valence-electron chi connectivity index (χ4n) is 2.35. The van der Waals surface area contributed by atoms with Crippen LogP contribution in [0.4, 0.5) is 4.79 Å². The molecule has 1 aliphatic rings. The van der Waals surface area contributed by atoms with Crippen LogP contribution >= 0.6 is 0 Å². The van der Waals surface area contributed by atoms with Gasteiger partial charge in [0.15, 0.2) is 0 Å². The Labute approximate surface area is 125 Å². The molecule has 2 unspecified atom stereocenters. The van der Waals surface area contributed by atoms with Gasteiger partial charge in [0.2, 0.25) is 5.91 Å². The van der Waals surface area contributed by atoms with Crippen molar-refractivity contribution in [3.63, 3.8) is 0 Å². The maximum atomic E-state index is 12.0. The number of carboxylic acid groups (broad SMARTS) is 1. The third-order valence-corrected chi connectivity index (χ3v) is 3.67. The molecule has 3 amide bonds. The van der Waals surface area contributed by atoms with Gasteiger partial charge in [-0.2, -0.15) is 0 Å². The van der Waals surface area contributed by atoms with Gasteiger partial charge in [0, 0.05) is 32.1 Å². The highest BCUT2D eigenvalue weighted by molar-refractivity contribution is 5.79. The van der Waals surface area contributed by atoms with E-state index in [2.05, 4.69) is 10.6 Å². The minimum absolute atomic E-state index is 0.0955. The molecule has 1 heterocycles. The zero-order valence-corrected chi connectivity index (χ0v) is 12.9. The van der Waals surface area contributed by atoms with Gasteiger partial charge >= 0.3 is 12.0 Å². The molecule has 0 bridgehead atoms. The molecule has 120 valence electrons. The summed E-state index contributed by atoms with van der Waals surface area (Å²) < 4.78 is 0. The number of rotatable bonds is 6. The third kappa shape index (κ3) is 5.24. The van der Waals surface area contributed by atoms with Crippen LogP contribution in [-0.4, -0.2) is 53.6 Å². The molecule has 1 rings (SSSR count). The largest absolute Gasteiger partial charge is 0.481 e. The van der Waals surface area contributed by atoms with Gasteiger partial charge in [-0.05, 0) is 19.3 Å². The van der Waals surface area contributed by atoms with Crippen LogP contribution in [0.2, 0.25) is 0 Å². The van der Waals surface area contributed by atoms with Crippen molar-refractivity contribution in [3.8, 4) is 0 Å². The lowest BCUT2D eigenvalue weighted by molar-refractivity contribution is -0.142. The molecule has 0 saturated carbocycles. The van der Waals surface area contributed by atoms with Crippen LogP contribution in [0.3, 0.4) is 0 Å². The van der Waals surface area contributed by atoms with Crippen molar-refractivity contribution >= 4 is 17.9 Å². The number of aliphatic carboxylic acids is 1. The van der Waals surface area contributed by atoms with E-state index in [9.17, 15) is 14.4 Å². The molecule has 0 radical (unpaired) electrons. The summed E-state index contributed by atoms with van der Waals surface area (Å²) in [5, 5.41) is 14.5. The fourth-order valence-corrected chi connectivity index (χ4v) is 2.35.